The average Bonchev–Trinajstić information content (AvgIpc) is 2.56. The van der Waals surface area contributed by atoms with Crippen molar-refractivity contribution in [3.63, 3.8) is 0 Å². The van der Waals surface area contributed by atoms with Crippen LogP contribution < -0.4 is 0 Å². The number of hydrogen-bond donors (Lipinski definition) is 1. The molecule has 0 saturated heterocycles. The molecule has 0 spiro atoms. The summed E-state index contributed by atoms with van der Waals surface area (Å²) in [4.78, 5) is 4.07. The maximum atomic E-state index is 9.49. The topological polar surface area (TPSA) is 33.1 Å². The highest BCUT2D eigenvalue weighted by Gasteiger charge is 2.05. The summed E-state index contributed by atoms with van der Waals surface area (Å²) in [6, 6.07) is 18.8. The SMILES string of the molecule is Oc1ccc(/C(=C/c2ccc(Cl)cc2)c2ccncc2)cc1. The van der Waals surface area contributed by atoms with Crippen molar-refractivity contribution >= 4 is 23.3 Å². The van der Waals surface area contributed by atoms with E-state index in [1.807, 2.05) is 48.5 Å². The van der Waals surface area contributed by atoms with Gasteiger partial charge in [0.25, 0.3) is 0 Å². The van der Waals surface area contributed by atoms with Gasteiger partial charge in [0.15, 0.2) is 0 Å². The van der Waals surface area contributed by atoms with E-state index in [1.54, 1.807) is 24.5 Å². The smallest absolute Gasteiger partial charge is 0.115 e. The van der Waals surface area contributed by atoms with E-state index in [-0.39, 0.29) is 5.75 Å². The molecule has 1 aromatic heterocycles. The summed E-state index contributed by atoms with van der Waals surface area (Å²) in [6.45, 7) is 0. The van der Waals surface area contributed by atoms with Gasteiger partial charge in [-0.15, -0.1) is 0 Å². The minimum Gasteiger partial charge on any atom is -0.508 e. The standard InChI is InChI=1S/C19H14ClNO/c20-17-5-1-14(2-6-17)13-19(16-9-11-21-12-10-16)15-3-7-18(22)8-4-15/h1-13,22H/b19-13-. The lowest BCUT2D eigenvalue weighted by Gasteiger charge is -2.09. The molecule has 1 N–H and O–H groups in total. The Morgan fingerprint density at radius 1 is 0.818 bits per heavy atom. The molecule has 3 heteroatoms. The molecular weight excluding hydrogens is 294 g/mol. The number of nitrogens with zero attached hydrogens (tertiary/aromatic N) is 1. The summed E-state index contributed by atoms with van der Waals surface area (Å²) in [5.74, 6) is 0.254. The van der Waals surface area contributed by atoms with Crippen LogP contribution in [0.4, 0.5) is 0 Å². The molecule has 0 atom stereocenters. The van der Waals surface area contributed by atoms with Crippen LogP contribution in [0.1, 0.15) is 16.7 Å². The monoisotopic (exact) mass is 307 g/mol. The molecule has 0 aliphatic carbocycles. The van der Waals surface area contributed by atoms with Crippen LogP contribution in [0.3, 0.4) is 0 Å². The molecule has 0 unspecified atom stereocenters. The highest BCUT2D eigenvalue weighted by atomic mass is 35.5. The molecule has 0 fully saturated rings. The molecule has 0 aliphatic rings. The Morgan fingerprint density at radius 2 is 1.41 bits per heavy atom. The van der Waals surface area contributed by atoms with Crippen molar-refractivity contribution in [1.82, 2.24) is 4.98 Å². The molecule has 2 aromatic carbocycles. The number of rotatable bonds is 3. The van der Waals surface area contributed by atoms with E-state index in [1.165, 1.54) is 0 Å². The largest absolute Gasteiger partial charge is 0.508 e. The Hall–Kier alpha value is -2.58. The van der Waals surface area contributed by atoms with Crippen molar-refractivity contribution in [3.8, 4) is 5.75 Å². The first-order valence-corrected chi connectivity index (χ1v) is 7.27. The molecular formula is C19H14ClNO. The van der Waals surface area contributed by atoms with Crippen LogP contribution in [0.2, 0.25) is 5.02 Å². The summed E-state index contributed by atoms with van der Waals surface area (Å²) in [7, 11) is 0. The molecule has 3 rings (SSSR count). The third-order valence-electron chi connectivity index (χ3n) is 3.35. The molecule has 1 heterocycles. The fraction of sp³-hybridized carbons (Fsp3) is 0. The second-order valence-corrected chi connectivity index (χ2v) is 5.33. The minimum atomic E-state index is 0.254. The number of phenols is 1. The number of halogens is 1. The lowest BCUT2D eigenvalue weighted by molar-refractivity contribution is 0.475. The number of aromatic nitrogens is 1. The van der Waals surface area contributed by atoms with E-state index in [4.69, 9.17) is 11.6 Å². The predicted molar refractivity (Wildman–Crippen MR) is 90.8 cm³/mol. The van der Waals surface area contributed by atoms with Crippen LogP contribution in [-0.2, 0) is 0 Å². The normalized spacial score (nSPS) is 11.4. The van der Waals surface area contributed by atoms with Crippen molar-refractivity contribution in [3.05, 3.63) is 94.8 Å². The fourth-order valence-corrected chi connectivity index (χ4v) is 2.36. The van der Waals surface area contributed by atoms with Crippen molar-refractivity contribution < 1.29 is 5.11 Å². The van der Waals surface area contributed by atoms with Crippen LogP contribution in [0.15, 0.2) is 73.1 Å². The third-order valence-corrected chi connectivity index (χ3v) is 3.60. The third kappa shape index (κ3) is 3.35. The predicted octanol–water partition coefficient (Wildman–Crippen LogP) is 5.03. The molecule has 22 heavy (non-hydrogen) atoms. The van der Waals surface area contributed by atoms with E-state index >= 15 is 0 Å². The molecule has 0 radical (unpaired) electrons. The van der Waals surface area contributed by atoms with Crippen molar-refractivity contribution in [1.29, 1.82) is 0 Å². The van der Waals surface area contributed by atoms with Crippen LogP contribution in [0.5, 0.6) is 5.75 Å². The van der Waals surface area contributed by atoms with Gasteiger partial charge >= 0.3 is 0 Å². The lowest BCUT2D eigenvalue weighted by atomic mass is 9.96. The van der Waals surface area contributed by atoms with Gasteiger partial charge in [-0.2, -0.15) is 0 Å². The van der Waals surface area contributed by atoms with Gasteiger partial charge in [0.1, 0.15) is 5.75 Å². The van der Waals surface area contributed by atoms with E-state index in [2.05, 4.69) is 11.1 Å². The van der Waals surface area contributed by atoms with Gasteiger partial charge in [-0.3, -0.25) is 4.98 Å². The van der Waals surface area contributed by atoms with E-state index in [0.29, 0.717) is 5.02 Å². The van der Waals surface area contributed by atoms with Crippen molar-refractivity contribution in [2.75, 3.05) is 0 Å². The van der Waals surface area contributed by atoms with Crippen LogP contribution in [0, 0.1) is 0 Å². The maximum Gasteiger partial charge on any atom is 0.115 e. The van der Waals surface area contributed by atoms with Gasteiger partial charge in [-0.25, -0.2) is 0 Å². The quantitative estimate of drug-likeness (QED) is 0.688. The first kappa shape index (κ1) is 14.4. The van der Waals surface area contributed by atoms with Crippen LogP contribution in [-0.4, -0.2) is 10.1 Å². The Labute approximate surface area is 134 Å². The van der Waals surface area contributed by atoms with Gasteiger partial charge in [0, 0.05) is 17.4 Å². The van der Waals surface area contributed by atoms with Gasteiger partial charge in [-0.05, 0) is 64.7 Å². The zero-order valence-corrected chi connectivity index (χ0v) is 12.5. The molecule has 0 aliphatic heterocycles. The second kappa shape index (κ2) is 6.46. The molecule has 2 nitrogen and oxygen atoms in total. The number of benzene rings is 2. The number of hydrogen-bond acceptors (Lipinski definition) is 2. The lowest BCUT2D eigenvalue weighted by Crippen LogP contribution is -1.88. The Kier molecular flexibility index (Phi) is 4.22. The van der Waals surface area contributed by atoms with Crippen LogP contribution >= 0.6 is 11.6 Å². The molecule has 0 saturated carbocycles. The Bertz CT molecular complexity index is 778. The zero-order valence-electron chi connectivity index (χ0n) is 11.8. The van der Waals surface area contributed by atoms with Crippen molar-refractivity contribution in [2.45, 2.75) is 0 Å². The average molecular weight is 308 g/mol. The minimum absolute atomic E-state index is 0.254. The van der Waals surface area contributed by atoms with Gasteiger partial charge in [-0.1, -0.05) is 35.9 Å². The van der Waals surface area contributed by atoms with E-state index < -0.39 is 0 Å². The maximum absolute atomic E-state index is 9.49. The Balaban J connectivity index is 2.10. The number of pyridine rings is 1. The highest BCUT2D eigenvalue weighted by Crippen LogP contribution is 2.27. The number of phenolic OH excluding ortho intramolecular Hbond substituents is 1. The molecule has 0 amide bonds. The summed E-state index contributed by atoms with van der Waals surface area (Å²) < 4.78 is 0. The highest BCUT2D eigenvalue weighted by molar-refractivity contribution is 6.30. The fourth-order valence-electron chi connectivity index (χ4n) is 2.23. The van der Waals surface area contributed by atoms with Gasteiger partial charge < -0.3 is 5.11 Å². The first-order valence-electron chi connectivity index (χ1n) is 6.89. The summed E-state index contributed by atoms with van der Waals surface area (Å²) >= 11 is 5.94. The Morgan fingerprint density at radius 3 is 2.05 bits per heavy atom. The van der Waals surface area contributed by atoms with E-state index in [9.17, 15) is 5.11 Å². The molecule has 0 bridgehead atoms. The van der Waals surface area contributed by atoms with Gasteiger partial charge in [0.05, 0.1) is 0 Å². The summed E-state index contributed by atoms with van der Waals surface area (Å²) in [5.41, 5.74) is 4.21. The van der Waals surface area contributed by atoms with Crippen molar-refractivity contribution in [2.24, 2.45) is 0 Å². The summed E-state index contributed by atoms with van der Waals surface area (Å²) in [5, 5.41) is 10.2. The molecule has 108 valence electrons. The van der Waals surface area contributed by atoms with Gasteiger partial charge in [0.2, 0.25) is 0 Å². The number of aromatic hydroxyl groups is 1. The second-order valence-electron chi connectivity index (χ2n) is 4.89. The molecule has 3 aromatic rings. The zero-order chi connectivity index (χ0) is 15.4. The summed E-state index contributed by atoms with van der Waals surface area (Å²) in [6.07, 6.45) is 5.63. The van der Waals surface area contributed by atoms with E-state index in [0.717, 1.165) is 22.3 Å². The van der Waals surface area contributed by atoms with Crippen LogP contribution in [0.25, 0.3) is 11.6 Å². The first-order chi connectivity index (χ1) is 10.7.